The summed E-state index contributed by atoms with van der Waals surface area (Å²) in [4.78, 5) is 54.4. The molecule has 2 aromatic carbocycles. The standard InChI is InChI=1S/C27H25N3O5/c1-15-8-10-17(11-9-15)29-19-13-27(2,3)14-20(31)22(19)21(16-6-5-7-18(12-16)30(34)35)23-24(29)26(33)28(4)25(23)32/h5-12,21H,13-14H2,1-4H3. The lowest BCUT2D eigenvalue weighted by Gasteiger charge is -2.43. The van der Waals surface area contributed by atoms with Gasteiger partial charge in [-0.25, -0.2) is 0 Å². The number of imide groups is 1. The van der Waals surface area contributed by atoms with E-state index >= 15 is 0 Å². The Morgan fingerprint density at radius 1 is 0.971 bits per heavy atom. The first-order valence-electron chi connectivity index (χ1n) is 11.4. The number of nitrogens with zero attached hydrogens (tertiary/aromatic N) is 3. The second kappa shape index (κ2) is 7.73. The van der Waals surface area contributed by atoms with Crippen LogP contribution in [0.4, 0.5) is 11.4 Å². The van der Waals surface area contributed by atoms with Gasteiger partial charge in [-0.05, 0) is 36.5 Å². The molecule has 0 saturated heterocycles. The minimum absolute atomic E-state index is 0.119. The molecule has 0 spiro atoms. The van der Waals surface area contributed by atoms with E-state index in [2.05, 4.69) is 0 Å². The highest BCUT2D eigenvalue weighted by Crippen LogP contribution is 2.53. The van der Waals surface area contributed by atoms with Crippen molar-refractivity contribution in [2.75, 3.05) is 11.9 Å². The van der Waals surface area contributed by atoms with Crippen molar-refractivity contribution < 1.29 is 19.3 Å². The highest BCUT2D eigenvalue weighted by molar-refractivity contribution is 6.24. The molecule has 35 heavy (non-hydrogen) atoms. The Balaban J connectivity index is 1.84. The third kappa shape index (κ3) is 3.48. The molecule has 0 aromatic heterocycles. The van der Waals surface area contributed by atoms with Crippen LogP contribution in [0.5, 0.6) is 0 Å². The largest absolute Gasteiger partial charge is 0.308 e. The molecule has 1 atom stereocenters. The molecule has 8 heteroatoms. The van der Waals surface area contributed by atoms with Gasteiger partial charge in [0.25, 0.3) is 17.5 Å². The Bertz CT molecular complexity index is 1380. The molecule has 0 fully saturated rings. The van der Waals surface area contributed by atoms with Crippen LogP contribution >= 0.6 is 0 Å². The molecule has 178 valence electrons. The number of carbonyl (C=O) groups excluding carboxylic acids is 3. The lowest BCUT2D eigenvalue weighted by molar-refractivity contribution is -0.384. The van der Waals surface area contributed by atoms with Gasteiger partial charge in [0.2, 0.25) is 0 Å². The Labute approximate surface area is 202 Å². The van der Waals surface area contributed by atoms with Crippen LogP contribution in [-0.4, -0.2) is 34.5 Å². The summed E-state index contributed by atoms with van der Waals surface area (Å²) in [6, 6.07) is 13.6. The number of allylic oxidation sites excluding steroid dienone is 2. The minimum Gasteiger partial charge on any atom is -0.308 e. The van der Waals surface area contributed by atoms with Crippen molar-refractivity contribution in [3.05, 3.63) is 92.3 Å². The lowest BCUT2D eigenvalue weighted by atomic mass is 9.68. The van der Waals surface area contributed by atoms with Crippen LogP contribution in [-0.2, 0) is 14.4 Å². The normalized spacial score (nSPS) is 21.5. The first-order valence-corrected chi connectivity index (χ1v) is 11.4. The molecule has 2 amide bonds. The highest BCUT2D eigenvalue weighted by Gasteiger charge is 2.52. The SMILES string of the molecule is Cc1ccc(N2C3=C(C(=O)CC(C)(C)C3)C(c3cccc([N+](=O)[O-])c3)C3=C2C(=O)N(C)C3=O)cc1. The number of rotatable bonds is 3. The number of anilines is 1. The van der Waals surface area contributed by atoms with Gasteiger partial charge in [0.1, 0.15) is 5.70 Å². The number of Topliss-reactive ketones (excluding diaryl/α,β-unsaturated/α-hetero) is 1. The van der Waals surface area contributed by atoms with Crippen LogP contribution in [0.2, 0.25) is 0 Å². The zero-order valence-electron chi connectivity index (χ0n) is 20.0. The first kappa shape index (κ1) is 22.7. The van der Waals surface area contributed by atoms with E-state index in [4.69, 9.17) is 0 Å². The maximum Gasteiger partial charge on any atom is 0.277 e. The average Bonchev–Trinajstić information content (AvgIpc) is 3.02. The molecule has 8 nitrogen and oxygen atoms in total. The Morgan fingerprint density at radius 2 is 1.66 bits per heavy atom. The third-order valence-corrected chi connectivity index (χ3v) is 6.97. The predicted octanol–water partition coefficient (Wildman–Crippen LogP) is 4.40. The summed E-state index contributed by atoms with van der Waals surface area (Å²) in [5, 5.41) is 11.5. The lowest BCUT2D eigenvalue weighted by Crippen LogP contribution is -2.41. The van der Waals surface area contributed by atoms with Crippen LogP contribution in [0.3, 0.4) is 0 Å². The van der Waals surface area contributed by atoms with E-state index in [0.717, 1.165) is 10.5 Å². The zero-order valence-corrected chi connectivity index (χ0v) is 20.0. The number of amides is 2. The van der Waals surface area contributed by atoms with Gasteiger partial charge in [-0.2, -0.15) is 0 Å². The molecule has 0 N–H and O–H groups in total. The van der Waals surface area contributed by atoms with Gasteiger partial charge in [-0.1, -0.05) is 43.7 Å². The Hall–Kier alpha value is -4.07. The number of likely N-dealkylation sites (N-methyl/N-ethyl adjacent to an activating group) is 1. The number of ketones is 1. The minimum atomic E-state index is -0.855. The summed E-state index contributed by atoms with van der Waals surface area (Å²) >= 11 is 0. The second-order valence-corrected chi connectivity index (χ2v) is 10.2. The Kier molecular flexibility index (Phi) is 5.01. The summed E-state index contributed by atoms with van der Waals surface area (Å²) in [5.41, 5.74) is 3.18. The molecule has 2 aliphatic heterocycles. The van der Waals surface area contributed by atoms with Gasteiger partial charge >= 0.3 is 0 Å². The molecule has 1 aliphatic carbocycles. The molecule has 0 saturated carbocycles. The number of aryl methyl sites for hydroxylation is 1. The molecular formula is C27H25N3O5. The molecule has 0 bridgehead atoms. The molecule has 1 unspecified atom stereocenters. The summed E-state index contributed by atoms with van der Waals surface area (Å²) in [6.07, 6.45) is 0.787. The smallest absolute Gasteiger partial charge is 0.277 e. The summed E-state index contributed by atoms with van der Waals surface area (Å²) in [6.45, 7) is 5.96. The molecule has 0 radical (unpaired) electrons. The summed E-state index contributed by atoms with van der Waals surface area (Å²) in [5.74, 6) is -1.93. The Morgan fingerprint density at radius 3 is 2.31 bits per heavy atom. The monoisotopic (exact) mass is 471 g/mol. The maximum absolute atomic E-state index is 13.7. The fourth-order valence-corrected chi connectivity index (χ4v) is 5.36. The number of carbonyl (C=O) groups is 3. The van der Waals surface area contributed by atoms with E-state index in [1.165, 1.54) is 19.2 Å². The van der Waals surface area contributed by atoms with E-state index in [9.17, 15) is 24.5 Å². The highest BCUT2D eigenvalue weighted by atomic mass is 16.6. The van der Waals surface area contributed by atoms with Gasteiger partial charge in [0.05, 0.1) is 10.5 Å². The van der Waals surface area contributed by atoms with Gasteiger partial charge in [0.15, 0.2) is 5.78 Å². The van der Waals surface area contributed by atoms with E-state index in [1.54, 1.807) is 17.0 Å². The summed E-state index contributed by atoms with van der Waals surface area (Å²) in [7, 11) is 1.42. The number of nitro groups is 1. The van der Waals surface area contributed by atoms with Crippen molar-refractivity contribution in [3.63, 3.8) is 0 Å². The van der Waals surface area contributed by atoms with Crippen LogP contribution in [0.1, 0.15) is 43.7 Å². The fourth-order valence-electron chi connectivity index (χ4n) is 5.36. The van der Waals surface area contributed by atoms with Crippen molar-refractivity contribution in [1.29, 1.82) is 0 Å². The number of hydrogen-bond acceptors (Lipinski definition) is 6. The molecule has 5 rings (SSSR count). The van der Waals surface area contributed by atoms with Crippen molar-refractivity contribution in [1.82, 2.24) is 4.90 Å². The third-order valence-electron chi connectivity index (χ3n) is 6.97. The van der Waals surface area contributed by atoms with Gasteiger partial charge in [-0.15, -0.1) is 0 Å². The van der Waals surface area contributed by atoms with Gasteiger partial charge < -0.3 is 4.90 Å². The van der Waals surface area contributed by atoms with Crippen molar-refractivity contribution in [3.8, 4) is 0 Å². The van der Waals surface area contributed by atoms with E-state index in [1.807, 2.05) is 45.0 Å². The molecule has 3 aliphatic rings. The van der Waals surface area contributed by atoms with E-state index in [-0.39, 0.29) is 34.6 Å². The predicted molar refractivity (Wildman–Crippen MR) is 129 cm³/mol. The second-order valence-electron chi connectivity index (χ2n) is 10.2. The fraction of sp³-hybridized carbons (Fsp3) is 0.296. The number of non-ortho nitro benzene ring substituents is 1. The average molecular weight is 472 g/mol. The molecule has 2 aromatic rings. The van der Waals surface area contributed by atoms with Crippen molar-refractivity contribution in [2.24, 2.45) is 5.41 Å². The maximum atomic E-state index is 13.7. The number of hydrogen-bond donors (Lipinski definition) is 0. The number of benzene rings is 2. The van der Waals surface area contributed by atoms with Crippen LogP contribution in [0.25, 0.3) is 0 Å². The zero-order chi connectivity index (χ0) is 25.2. The topological polar surface area (TPSA) is 101 Å². The van der Waals surface area contributed by atoms with Gasteiger partial charge in [-0.3, -0.25) is 29.4 Å². The van der Waals surface area contributed by atoms with Crippen LogP contribution in [0.15, 0.2) is 71.1 Å². The number of nitro benzene ring substituents is 1. The quantitative estimate of drug-likeness (QED) is 0.374. The summed E-state index contributed by atoms with van der Waals surface area (Å²) < 4.78 is 0. The van der Waals surface area contributed by atoms with E-state index < -0.39 is 22.7 Å². The van der Waals surface area contributed by atoms with Crippen LogP contribution < -0.4 is 4.90 Å². The van der Waals surface area contributed by atoms with Crippen molar-refractivity contribution >= 4 is 29.0 Å². The van der Waals surface area contributed by atoms with Crippen LogP contribution in [0, 0.1) is 22.5 Å². The van der Waals surface area contributed by atoms with Gasteiger partial charge in [0, 0.05) is 48.5 Å². The van der Waals surface area contributed by atoms with E-state index in [0.29, 0.717) is 28.9 Å². The molecular weight excluding hydrogens is 446 g/mol. The molecule has 2 heterocycles. The van der Waals surface area contributed by atoms with Crippen molar-refractivity contribution in [2.45, 2.75) is 39.5 Å². The first-order chi connectivity index (χ1) is 16.5.